The zero-order chi connectivity index (χ0) is 33.0. The molecule has 0 heterocycles. The van der Waals surface area contributed by atoms with Gasteiger partial charge in [-0.3, -0.25) is 14.4 Å². The van der Waals surface area contributed by atoms with E-state index in [0.29, 0.717) is 6.42 Å². The Bertz CT molecular complexity index is 1250. The highest BCUT2D eigenvalue weighted by molar-refractivity contribution is 5.91. The Balaban J connectivity index is 2.33. The van der Waals surface area contributed by atoms with Crippen LogP contribution in [0.15, 0.2) is 54.6 Å². The number of carbonyl (C=O) groups is 4. The van der Waals surface area contributed by atoms with Crippen molar-refractivity contribution < 1.29 is 43.2 Å². The van der Waals surface area contributed by atoms with Crippen molar-refractivity contribution in [1.82, 2.24) is 0 Å². The number of carbonyl (C=O) groups excluding carboxylic acids is 4. The van der Waals surface area contributed by atoms with Crippen molar-refractivity contribution in [2.24, 2.45) is 29.1 Å². The molecule has 242 valence electrons. The van der Waals surface area contributed by atoms with Crippen LogP contribution >= 0.6 is 0 Å². The van der Waals surface area contributed by atoms with Gasteiger partial charge in [-0.1, -0.05) is 78.5 Å². The van der Waals surface area contributed by atoms with Gasteiger partial charge in [0, 0.05) is 37.7 Å². The van der Waals surface area contributed by atoms with Crippen LogP contribution in [0.25, 0.3) is 0 Å². The number of hydrogen-bond donors (Lipinski definition) is 1. The SMILES string of the molecule is C=C1C(OCC(C)C)C2C[C@H](C)C[C@@]2(O)C(=O)C(C)/C=C\C(C)(C)C(OC(C)=O)[C@@H](OC(C)=O)[C@@H]1OC(=O)c1ccccc1. The first-order valence-corrected chi connectivity index (χ1v) is 15.3. The molecule has 0 saturated heterocycles. The monoisotopic (exact) mass is 612 g/mol. The molecule has 2 aliphatic carbocycles. The maximum absolute atomic E-state index is 14.0. The average molecular weight is 613 g/mol. The quantitative estimate of drug-likeness (QED) is 0.250. The lowest BCUT2D eigenvalue weighted by Crippen LogP contribution is -2.56. The van der Waals surface area contributed by atoms with E-state index in [-0.39, 0.29) is 41.8 Å². The maximum atomic E-state index is 14.0. The fourth-order valence-electron chi connectivity index (χ4n) is 6.37. The molecule has 0 amide bonds. The first-order valence-electron chi connectivity index (χ1n) is 15.3. The van der Waals surface area contributed by atoms with Crippen molar-refractivity contribution >= 4 is 23.7 Å². The van der Waals surface area contributed by atoms with Gasteiger partial charge in [-0.15, -0.1) is 0 Å². The number of rotatable bonds is 7. The molecule has 44 heavy (non-hydrogen) atoms. The van der Waals surface area contributed by atoms with Crippen LogP contribution in [0.4, 0.5) is 0 Å². The highest BCUT2D eigenvalue weighted by Gasteiger charge is 2.57. The van der Waals surface area contributed by atoms with Gasteiger partial charge in [-0.2, -0.15) is 0 Å². The van der Waals surface area contributed by atoms with Crippen LogP contribution in [0.1, 0.15) is 78.6 Å². The van der Waals surface area contributed by atoms with Crippen molar-refractivity contribution in [3.05, 3.63) is 60.2 Å². The van der Waals surface area contributed by atoms with Crippen molar-refractivity contribution in [3.8, 4) is 0 Å². The zero-order valence-corrected chi connectivity index (χ0v) is 27.2. The molecule has 9 heteroatoms. The number of ketones is 1. The smallest absolute Gasteiger partial charge is 0.338 e. The summed E-state index contributed by atoms with van der Waals surface area (Å²) in [5.41, 5.74) is -2.36. The number of benzene rings is 1. The largest absolute Gasteiger partial charge is 0.458 e. The second-order valence-corrected chi connectivity index (χ2v) is 13.4. The van der Waals surface area contributed by atoms with Crippen LogP contribution in [0.5, 0.6) is 0 Å². The number of Topliss-reactive ketones (excluding diaryl/α,β-unsaturated/α-hetero) is 1. The van der Waals surface area contributed by atoms with E-state index in [9.17, 15) is 24.3 Å². The second-order valence-electron chi connectivity index (χ2n) is 13.4. The van der Waals surface area contributed by atoms with Gasteiger partial charge in [0.05, 0.1) is 11.7 Å². The van der Waals surface area contributed by atoms with Gasteiger partial charge in [0.15, 0.2) is 24.1 Å². The van der Waals surface area contributed by atoms with Gasteiger partial charge >= 0.3 is 17.9 Å². The second kappa shape index (κ2) is 14.2. The molecule has 0 radical (unpaired) electrons. The van der Waals surface area contributed by atoms with E-state index in [0.717, 1.165) is 0 Å². The summed E-state index contributed by atoms with van der Waals surface area (Å²) in [6.45, 7) is 18.2. The summed E-state index contributed by atoms with van der Waals surface area (Å²) < 4.78 is 24.3. The van der Waals surface area contributed by atoms with Gasteiger partial charge in [0.2, 0.25) is 0 Å². The normalized spacial score (nSPS) is 33.0. The van der Waals surface area contributed by atoms with E-state index in [4.69, 9.17) is 18.9 Å². The maximum Gasteiger partial charge on any atom is 0.338 e. The van der Waals surface area contributed by atoms with Gasteiger partial charge < -0.3 is 24.1 Å². The van der Waals surface area contributed by atoms with E-state index in [1.807, 2.05) is 20.8 Å². The molecule has 1 aromatic rings. The van der Waals surface area contributed by atoms with Crippen LogP contribution in [0.3, 0.4) is 0 Å². The van der Waals surface area contributed by atoms with E-state index in [1.54, 1.807) is 63.3 Å². The molecule has 2 aliphatic rings. The number of aliphatic hydroxyl groups is 1. The topological polar surface area (TPSA) is 125 Å². The molecule has 0 aliphatic heterocycles. The summed E-state index contributed by atoms with van der Waals surface area (Å²) in [6, 6.07) is 8.30. The first kappa shape index (κ1) is 35.2. The Kier molecular flexibility index (Phi) is 11.4. The molecule has 0 spiro atoms. The van der Waals surface area contributed by atoms with Crippen LogP contribution in [-0.4, -0.2) is 65.4 Å². The van der Waals surface area contributed by atoms with Crippen LogP contribution in [-0.2, 0) is 33.3 Å². The summed E-state index contributed by atoms with van der Waals surface area (Å²) in [5, 5.41) is 12.1. The van der Waals surface area contributed by atoms with Crippen molar-refractivity contribution in [2.75, 3.05) is 6.61 Å². The summed E-state index contributed by atoms with van der Waals surface area (Å²) in [6.07, 6.45) is -0.816. The molecule has 1 aromatic carbocycles. The molecular formula is C35H48O9. The molecule has 1 fully saturated rings. The van der Waals surface area contributed by atoms with E-state index in [1.165, 1.54) is 13.8 Å². The van der Waals surface area contributed by atoms with Crippen molar-refractivity contribution in [1.29, 1.82) is 0 Å². The number of allylic oxidation sites excluding steroid dienone is 1. The van der Waals surface area contributed by atoms with Crippen LogP contribution in [0, 0.1) is 29.1 Å². The fraction of sp³-hybridized carbons (Fsp3) is 0.600. The lowest BCUT2D eigenvalue weighted by molar-refractivity contribution is -0.183. The first-order chi connectivity index (χ1) is 20.5. The van der Waals surface area contributed by atoms with E-state index >= 15 is 0 Å². The minimum absolute atomic E-state index is 0.0203. The summed E-state index contributed by atoms with van der Waals surface area (Å²) in [5.74, 6) is -3.78. The van der Waals surface area contributed by atoms with E-state index < -0.39 is 65.2 Å². The number of ether oxygens (including phenoxy) is 4. The molecule has 1 N–H and O–H groups in total. The van der Waals surface area contributed by atoms with Crippen molar-refractivity contribution in [3.63, 3.8) is 0 Å². The Morgan fingerprint density at radius 3 is 2.18 bits per heavy atom. The molecule has 8 atom stereocenters. The molecule has 3 rings (SSSR count). The highest BCUT2D eigenvalue weighted by Crippen LogP contribution is 2.47. The van der Waals surface area contributed by atoms with Gasteiger partial charge in [-0.05, 0) is 42.4 Å². The van der Waals surface area contributed by atoms with E-state index in [2.05, 4.69) is 6.58 Å². The van der Waals surface area contributed by atoms with Crippen LogP contribution in [0.2, 0.25) is 0 Å². The minimum atomic E-state index is -1.75. The Morgan fingerprint density at radius 2 is 1.61 bits per heavy atom. The van der Waals surface area contributed by atoms with Crippen molar-refractivity contribution in [2.45, 2.75) is 98.2 Å². The molecule has 1 saturated carbocycles. The zero-order valence-electron chi connectivity index (χ0n) is 27.2. The lowest BCUT2D eigenvalue weighted by Gasteiger charge is -2.43. The predicted octanol–water partition coefficient (Wildman–Crippen LogP) is 5.25. The van der Waals surface area contributed by atoms with Gasteiger partial charge in [0.25, 0.3) is 0 Å². The fourth-order valence-corrected chi connectivity index (χ4v) is 6.37. The Morgan fingerprint density at radius 1 is 1.00 bits per heavy atom. The third-order valence-electron chi connectivity index (χ3n) is 8.46. The third kappa shape index (κ3) is 8.04. The highest BCUT2D eigenvalue weighted by atomic mass is 16.6. The summed E-state index contributed by atoms with van der Waals surface area (Å²) in [7, 11) is 0. The molecular weight excluding hydrogens is 564 g/mol. The Hall–Kier alpha value is -3.30. The Labute approximate surface area is 261 Å². The lowest BCUT2D eigenvalue weighted by atomic mass is 9.72. The van der Waals surface area contributed by atoms with Crippen LogP contribution < -0.4 is 0 Å². The standard InChI is InChI=1S/C35H48O9/c1-20(2)19-41-28-23(5)29(44-33(39)26-13-11-10-12-14-26)30(42-24(6)36)32(43-25(7)37)34(8,9)16-15-22(4)31(38)35(40)18-21(3)17-27(28)35/h10-16,20-22,27-30,32,40H,5,17-19H2,1-4,6-9H3/b16-15-/t21-,22?,27?,28?,29+,30-,32?,35-/m0/s1. The third-order valence-corrected chi connectivity index (χ3v) is 8.46. The summed E-state index contributed by atoms with van der Waals surface area (Å²) >= 11 is 0. The number of fused-ring (bicyclic) bond motifs is 1. The number of hydrogen-bond acceptors (Lipinski definition) is 9. The summed E-state index contributed by atoms with van der Waals surface area (Å²) in [4.78, 5) is 52.7. The average Bonchev–Trinajstić information content (AvgIpc) is 3.25. The molecule has 4 unspecified atom stereocenters. The molecule has 0 bridgehead atoms. The minimum Gasteiger partial charge on any atom is -0.458 e. The van der Waals surface area contributed by atoms with Gasteiger partial charge in [-0.25, -0.2) is 4.79 Å². The predicted molar refractivity (Wildman–Crippen MR) is 164 cm³/mol. The molecule has 0 aromatic heterocycles. The number of esters is 3. The molecule has 9 nitrogen and oxygen atoms in total. The van der Waals surface area contributed by atoms with Gasteiger partial charge in [0.1, 0.15) is 5.60 Å².